The lowest BCUT2D eigenvalue weighted by molar-refractivity contribution is -0.0239. The van der Waals surface area contributed by atoms with E-state index in [9.17, 15) is 32.2 Å². The summed E-state index contributed by atoms with van der Waals surface area (Å²) in [7, 11) is -7.94. The number of phosphoric ester groups is 1. The standard InChI is InChI=1S/C27H29N4O12PS/c1-16-12-30(26(34)28-24(16)32)22-10-6-19(41-22)14-39-44(36,43-18-4-8-21(9-5-18)45(3,37)38)40-15-20-7-11-23(42-20)31-13-17(2)25(33)29-27(31)35/h4-13,19-20,22-23H,14-15H2,1-3H3,(H,28,32,34)(H,29,33,35)/t19-,20-,22+,23+/m0/s1. The number of sulfone groups is 1. The molecule has 16 nitrogen and oxygen atoms in total. The molecule has 0 fully saturated rings. The summed E-state index contributed by atoms with van der Waals surface area (Å²) in [6.45, 7) is 2.37. The van der Waals surface area contributed by atoms with Crippen LogP contribution in [0.4, 0.5) is 0 Å². The van der Waals surface area contributed by atoms with Crippen molar-refractivity contribution >= 4 is 17.7 Å². The van der Waals surface area contributed by atoms with E-state index in [1.54, 1.807) is 24.3 Å². The molecule has 2 aromatic heterocycles. The maximum atomic E-state index is 13.8. The topological polar surface area (TPSA) is 207 Å². The van der Waals surface area contributed by atoms with Gasteiger partial charge in [0.25, 0.3) is 11.1 Å². The van der Waals surface area contributed by atoms with Crippen molar-refractivity contribution in [1.29, 1.82) is 0 Å². The zero-order valence-electron chi connectivity index (χ0n) is 24.1. The molecule has 2 aliphatic rings. The lowest BCUT2D eigenvalue weighted by Crippen LogP contribution is -2.33. The molecule has 0 unspecified atom stereocenters. The molecule has 240 valence electrons. The summed E-state index contributed by atoms with van der Waals surface area (Å²) in [6, 6.07) is 5.11. The first-order valence-corrected chi connectivity index (χ1v) is 16.8. The second-order valence-corrected chi connectivity index (χ2v) is 13.8. The highest BCUT2D eigenvalue weighted by atomic mass is 32.2. The predicted molar refractivity (Wildman–Crippen MR) is 158 cm³/mol. The Hall–Kier alpha value is -4.12. The summed E-state index contributed by atoms with van der Waals surface area (Å²) < 4.78 is 68.2. The van der Waals surface area contributed by atoms with Gasteiger partial charge >= 0.3 is 19.2 Å². The monoisotopic (exact) mass is 664 g/mol. The van der Waals surface area contributed by atoms with Crippen molar-refractivity contribution in [3.8, 4) is 5.75 Å². The largest absolute Gasteiger partial charge is 0.530 e. The number of aromatic amines is 2. The van der Waals surface area contributed by atoms with Crippen LogP contribution in [0.2, 0.25) is 0 Å². The van der Waals surface area contributed by atoms with Gasteiger partial charge in [0, 0.05) is 29.8 Å². The summed E-state index contributed by atoms with van der Waals surface area (Å²) in [6.07, 6.45) is 6.64. The molecular formula is C27H29N4O12PS. The third-order valence-electron chi connectivity index (χ3n) is 6.71. The number of H-pyrrole nitrogens is 2. The Morgan fingerprint density at radius 3 is 1.64 bits per heavy atom. The van der Waals surface area contributed by atoms with E-state index in [-0.39, 0.29) is 23.9 Å². The van der Waals surface area contributed by atoms with Crippen LogP contribution in [-0.4, -0.2) is 59.2 Å². The van der Waals surface area contributed by atoms with Crippen LogP contribution in [0.15, 0.2) is 85.0 Å². The number of nitrogens with zero attached hydrogens (tertiary/aromatic N) is 2. The van der Waals surface area contributed by atoms with E-state index in [1.165, 1.54) is 59.6 Å². The number of hydrogen-bond donors (Lipinski definition) is 2. The number of aryl methyl sites for hydroxylation is 2. The molecule has 45 heavy (non-hydrogen) atoms. The predicted octanol–water partition coefficient (Wildman–Crippen LogP) is 1.23. The lowest BCUT2D eigenvalue weighted by Gasteiger charge is -2.22. The molecule has 5 rings (SSSR count). The maximum Gasteiger partial charge on any atom is 0.530 e. The van der Waals surface area contributed by atoms with Crippen molar-refractivity contribution in [2.45, 2.75) is 43.4 Å². The first-order chi connectivity index (χ1) is 21.2. The minimum absolute atomic E-state index is 0.0121. The van der Waals surface area contributed by atoms with Crippen molar-refractivity contribution in [2.24, 2.45) is 0 Å². The minimum Gasteiger partial charge on any atom is -0.404 e. The Labute approximate surface area is 255 Å². The van der Waals surface area contributed by atoms with Gasteiger partial charge in [0.1, 0.15) is 18.0 Å². The summed E-state index contributed by atoms with van der Waals surface area (Å²) >= 11 is 0. The molecule has 4 heterocycles. The summed E-state index contributed by atoms with van der Waals surface area (Å²) in [5, 5.41) is 0. The second kappa shape index (κ2) is 12.7. The van der Waals surface area contributed by atoms with Gasteiger partial charge in [-0.15, -0.1) is 0 Å². The van der Waals surface area contributed by atoms with Crippen LogP contribution < -0.4 is 27.0 Å². The lowest BCUT2D eigenvalue weighted by atomic mass is 10.3. The van der Waals surface area contributed by atoms with Crippen LogP contribution in [0, 0.1) is 13.8 Å². The van der Waals surface area contributed by atoms with Gasteiger partial charge < -0.3 is 14.0 Å². The Bertz CT molecular complexity index is 1940. The van der Waals surface area contributed by atoms with Gasteiger partial charge in [-0.25, -0.2) is 22.6 Å². The number of benzene rings is 1. The van der Waals surface area contributed by atoms with Crippen LogP contribution in [0.3, 0.4) is 0 Å². The van der Waals surface area contributed by atoms with E-state index in [2.05, 4.69) is 9.97 Å². The molecular weight excluding hydrogens is 635 g/mol. The highest BCUT2D eigenvalue weighted by molar-refractivity contribution is 7.90. The molecule has 0 aliphatic carbocycles. The minimum atomic E-state index is -4.44. The van der Waals surface area contributed by atoms with E-state index in [0.717, 1.165) is 6.26 Å². The zero-order chi connectivity index (χ0) is 32.5. The Balaban J connectivity index is 1.28. The van der Waals surface area contributed by atoms with Crippen molar-refractivity contribution in [1.82, 2.24) is 19.1 Å². The summed E-state index contributed by atoms with van der Waals surface area (Å²) in [5.41, 5.74) is -1.81. The molecule has 2 aliphatic heterocycles. The smallest absolute Gasteiger partial charge is 0.404 e. The average Bonchev–Trinajstić information content (AvgIpc) is 3.65. The number of ether oxygens (including phenoxy) is 2. The summed E-state index contributed by atoms with van der Waals surface area (Å²) in [4.78, 5) is 52.3. The van der Waals surface area contributed by atoms with Crippen LogP contribution in [-0.2, 0) is 32.9 Å². The highest BCUT2D eigenvalue weighted by Crippen LogP contribution is 2.50. The van der Waals surface area contributed by atoms with E-state index < -0.39 is 64.8 Å². The highest BCUT2D eigenvalue weighted by Gasteiger charge is 2.34. The normalized spacial score (nSPS) is 21.4. The number of hydrogen-bond acceptors (Lipinski definition) is 12. The molecule has 2 N–H and O–H groups in total. The number of rotatable bonds is 11. The molecule has 0 spiro atoms. The number of aromatic nitrogens is 4. The fourth-order valence-corrected chi connectivity index (χ4v) is 6.18. The van der Waals surface area contributed by atoms with Crippen LogP contribution >= 0.6 is 7.82 Å². The van der Waals surface area contributed by atoms with Gasteiger partial charge in [-0.2, -0.15) is 0 Å². The molecule has 18 heteroatoms. The number of nitrogens with one attached hydrogen (secondary N) is 2. The summed E-state index contributed by atoms with van der Waals surface area (Å²) in [5.74, 6) is -0.0159. The third kappa shape index (κ3) is 7.58. The van der Waals surface area contributed by atoms with Crippen molar-refractivity contribution < 1.29 is 36.0 Å². The van der Waals surface area contributed by atoms with Crippen molar-refractivity contribution in [2.75, 3.05) is 19.5 Å². The van der Waals surface area contributed by atoms with E-state index in [1.807, 2.05) is 0 Å². The van der Waals surface area contributed by atoms with Crippen molar-refractivity contribution in [3.63, 3.8) is 0 Å². The molecule has 0 saturated heterocycles. The molecule has 0 amide bonds. The van der Waals surface area contributed by atoms with Gasteiger partial charge in [-0.05, 0) is 50.3 Å². The van der Waals surface area contributed by atoms with E-state index in [0.29, 0.717) is 11.1 Å². The molecule has 4 atom stereocenters. The molecule has 0 saturated carbocycles. The fourth-order valence-electron chi connectivity index (χ4n) is 4.33. The molecule has 0 radical (unpaired) electrons. The first-order valence-electron chi connectivity index (χ1n) is 13.4. The fraction of sp³-hybridized carbons (Fsp3) is 0.333. The molecule has 1 aromatic carbocycles. The van der Waals surface area contributed by atoms with Gasteiger partial charge in [0.2, 0.25) is 0 Å². The van der Waals surface area contributed by atoms with Crippen LogP contribution in [0.5, 0.6) is 5.75 Å². The maximum absolute atomic E-state index is 13.8. The first kappa shape index (κ1) is 32.3. The van der Waals surface area contributed by atoms with Crippen LogP contribution in [0.25, 0.3) is 0 Å². The Kier molecular flexibility index (Phi) is 9.11. The third-order valence-corrected chi connectivity index (χ3v) is 9.21. The SMILES string of the molecule is Cc1cn([C@H]2C=C[C@@H](COP(=O)(OC[C@@H]3C=C[C@H](n4cc(C)c(=O)[nH]c4=O)O3)Oc3ccc(S(C)(=O)=O)cc3)O2)c(=O)[nH]c1=O. The van der Waals surface area contributed by atoms with Crippen LogP contribution in [0.1, 0.15) is 23.6 Å². The van der Waals surface area contributed by atoms with Gasteiger partial charge in [-0.3, -0.25) is 37.7 Å². The Morgan fingerprint density at radius 2 is 1.22 bits per heavy atom. The molecule has 0 bridgehead atoms. The van der Waals surface area contributed by atoms with E-state index >= 15 is 0 Å². The van der Waals surface area contributed by atoms with Gasteiger partial charge in [0.05, 0.1) is 18.1 Å². The zero-order valence-corrected chi connectivity index (χ0v) is 25.9. The second-order valence-electron chi connectivity index (χ2n) is 10.2. The quantitative estimate of drug-likeness (QED) is 0.219. The van der Waals surface area contributed by atoms with Gasteiger partial charge in [-0.1, -0.05) is 12.2 Å². The van der Waals surface area contributed by atoms with Crippen molar-refractivity contribution in [3.05, 3.63) is 114 Å². The number of phosphoric acid groups is 1. The average molecular weight is 665 g/mol. The van der Waals surface area contributed by atoms with Gasteiger partial charge in [0.15, 0.2) is 22.3 Å². The van der Waals surface area contributed by atoms with E-state index in [4.69, 9.17) is 23.0 Å². The Morgan fingerprint density at radius 1 is 0.778 bits per heavy atom. The molecule has 3 aromatic rings.